The largest absolute Gasteiger partial charge is 0.475 e. The van der Waals surface area contributed by atoms with Gasteiger partial charge in [0.25, 0.3) is 0 Å². The van der Waals surface area contributed by atoms with Gasteiger partial charge in [-0.15, -0.1) is 0 Å². The van der Waals surface area contributed by atoms with Gasteiger partial charge in [0, 0.05) is 32.1 Å². The highest BCUT2D eigenvalue weighted by Gasteiger charge is 2.28. The third kappa shape index (κ3) is 5.95. The Morgan fingerprint density at radius 3 is 2.79 bits per heavy atom. The molecule has 0 saturated carbocycles. The molecule has 34 heavy (non-hydrogen) atoms. The molecule has 0 aliphatic carbocycles. The zero-order valence-corrected chi connectivity index (χ0v) is 19.6. The van der Waals surface area contributed by atoms with Gasteiger partial charge in [-0.3, -0.25) is 14.2 Å². The number of hydrogen-bond acceptors (Lipinski definition) is 7. The van der Waals surface area contributed by atoms with E-state index in [-0.39, 0.29) is 24.1 Å². The first-order chi connectivity index (χ1) is 16.2. The Bertz CT molecular complexity index is 1260. The quantitative estimate of drug-likeness (QED) is 0.441. The third-order valence-corrected chi connectivity index (χ3v) is 6.50. The van der Waals surface area contributed by atoms with Crippen LogP contribution in [0.15, 0.2) is 59.2 Å². The Kier molecular flexibility index (Phi) is 7.22. The Morgan fingerprint density at radius 2 is 2.06 bits per heavy atom. The van der Waals surface area contributed by atoms with Crippen molar-refractivity contribution in [3.05, 3.63) is 65.9 Å². The molecular weight excluding hydrogens is 460 g/mol. The molecule has 3 aromatic rings. The van der Waals surface area contributed by atoms with Crippen LogP contribution >= 0.6 is 0 Å². The number of ether oxygens (including phenoxy) is 1. The molecule has 1 aliphatic rings. The van der Waals surface area contributed by atoms with Crippen LogP contribution in [0.2, 0.25) is 0 Å². The summed E-state index contributed by atoms with van der Waals surface area (Å²) in [5, 5.41) is 10.9. The Labute approximate surface area is 198 Å². The average Bonchev–Trinajstić information content (AvgIpc) is 3.44. The Hall–Kier alpha value is -2.92. The summed E-state index contributed by atoms with van der Waals surface area (Å²) in [6, 6.07) is 13.9. The van der Waals surface area contributed by atoms with Crippen molar-refractivity contribution in [2.45, 2.75) is 25.0 Å². The van der Waals surface area contributed by atoms with E-state index in [9.17, 15) is 18.3 Å². The molecule has 1 aromatic heterocycles. The van der Waals surface area contributed by atoms with E-state index in [2.05, 4.69) is 4.90 Å². The highest BCUT2D eigenvalue weighted by atomic mass is 32.2. The first-order valence-electron chi connectivity index (χ1n) is 11.0. The van der Waals surface area contributed by atoms with Crippen LogP contribution in [0.5, 0.6) is 5.75 Å². The number of likely N-dealkylation sites (tertiary alicyclic amines) is 1. The first kappa shape index (κ1) is 24.2. The lowest BCUT2D eigenvalue weighted by Gasteiger charge is -2.32. The molecule has 1 fully saturated rings. The number of benzene rings is 2. The summed E-state index contributed by atoms with van der Waals surface area (Å²) in [5.74, 6) is -0.684. The van der Waals surface area contributed by atoms with Crippen LogP contribution in [0.3, 0.4) is 0 Å². The normalized spacial score (nSPS) is 17.7. The maximum absolute atomic E-state index is 13.4. The van der Waals surface area contributed by atoms with E-state index < -0.39 is 22.2 Å². The maximum atomic E-state index is 13.4. The number of carbonyl (C=O) groups is 1. The van der Waals surface area contributed by atoms with E-state index in [1.54, 1.807) is 36.4 Å². The van der Waals surface area contributed by atoms with E-state index in [0.29, 0.717) is 26.1 Å². The Balaban J connectivity index is 1.57. The number of furan rings is 1. The van der Waals surface area contributed by atoms with Crippen LogP contribution in [-0.2, 0) is 21.3 Å². The van der Waals surface area contributed by atoms with Gasteiger partial charge in [-0.25, -0.2) is 0 Å². The van der Waals surface area contributed by atoms with Crippen LogP contribution in [-0.4, -0.2) is 72.5 Å². The van der Waals surface area contributed by atoms with Gasteiger partial charge in [-0.05, 0) is 41.8 Å². The van der Waals surface area contributed by atoms with Crippen molar-refractivity contribution in [1.82, 2.24) is 9.80 Å². The molecule has 2 unspecified atom stereocenters. The van der Waals surface area contributed by atoms with Gasteiger partial charge in [-0.1, -0.05) is 24.3 Å². The molecule has 1 saturated heterocycles. The number of hydrogen-bond donors (Lipinski definition) is 2. The molecule has 10 heteroatoms. The van der Waals surface area contributed by atoms with E-state index in [4.69, 9.17) is 13.7 Å². The van der Waals surface area contributed by atoms with Crippen LogP contribution in [0, 0.1) is 0 Å². The second-order valence-electron chi connectivity index (χ2n) is 8.57. The number of nitrogens with zero attached hydrogens (tertiary/aromatic N) is 2. The van der Waals surface area contributed by atoms with Crippen molar-refractivity contribution >= 4 is 27.0 Å². The molecule has 0 radical (unpaired) electrons. The lowest BCUT2D eigenvalue weighted by atomic mass is 10.0. The first-order valence-corrected chi connectivity index (χ1v) is 12.6. The van der Waals surface area contributed by atoms with Gasteiger partial charge in [0.2, 0.25) is 11.8 Å². The zero-order valence-electron chi connectivity index (χ0n) is 18.8. The minimum absolute atomic E-state index is 0.0947. The lowest BCUT2D eigenvalue weighted by Crippen LogP contribution is -2.39. The number of aliphatic hydroxyl groups excluding tert-OH is 1. The summed E-state index contributed by atoms with van der Waals surface area (Å²) in [4.78, 5) is 17.1. The number of amides is 1. The fourth-order valence-electron chi connectivity index (χ4n) is 4.30. The van der Waals surface area contributed by atoms with Crippen molar-refractivity contribution in [1.29, 1.82) is 0 Å². The van der Waals surface area contributed by atoms with Gasteiger partial charge >= 0.3 is 10.1 Å². The minimum atomic E-state index is -4.29. The summed E-state index contributed by atoms with van der Waals surface area (Å²) in [6.07, 6.45) is 2.06. The summed E-state index contributed by atoms with van der Waals surface area (Å²) in [7, 11) is -2.55. The smallest absolute Gasteiger partial charge is 0.300 e. The fourth-order valence-corrected chi connectivity index (χ4v) is 4.59. The van der Waals surface area contributed by atoms with E-state index in [1.165, 1.54) is 0 Å². The van der Waals surface area contributed by atoms with Gasteiger partial charge in [0.1, 0.15) is 11.3 Å². The van der Waals surface area contributed by atoms with Crippen LogP contribution in [0.4, 0.5) is 0 Å². The highest BCUT2D eigenvalue weighted by Crippen LogP contribution is 2.28. The molecule has 4 rings (SSSR count). The van der Waals surface area contributed by atoms with Gasteiger partial charge in [0.15, 0.2) is 0 Å². The van der Waals surface area contributed by atoms with Crippen molar-refractivity contribution < 1.29 is 32.0 Å². The van der Waals surface area contributed by atoms with Crippen molar-refractivity contribution in [2.75, 3.05) is 32.6 Å². The van der Waals surface area contributed by atoms with Crippen LogP contribution in [0.1, 0.15) is 23.6 Å². The molecule has 2 atom stereocenters. The molecule has 2 aromatic carbocycles. The SMILES string of the molecule is CN(C(=O)Cc1cccc2occc12)C(CN1CCC(O)C1)c1cccc(OCS(=O)(=O)O)c1. The fraction of sp³-hybridized carbons (Fsp3) is 0.375. The van der Waals surface area contributed by atoms with E-state index >= 15 is 0 Å². The number of fused-ring (bicyclic) bond motifs is 1. The summed E-state index contributed by atoms with van der Waals surface area (Å²) < 4.78 is 41.8. The summed E-state index contributed by atoms with van der Waals surface area (Å²) >= 11 is 0. The second-order valence-corrected chi connectivity index (χ2v) is 9.96. The predicted octanol–water partition coefficient (Wildman–Crippen LogP) is 2.47. The average molecular weight is 489 g/mol. The van der Waals surface area contributed by atoms with Crippen molar-refractivity contribution in [2.24, 2.45) is 0 Å². The Morgan fingerprint density at radius 1 is 1.26 bits per heavy atom. The number of aliphatic hydroxyl groups is 1. The molecule has 1 amide bonds. The van der Waals surface area contributed by atoms with Crippen molar-refractivity contribution in [3.8, 4) is 5.75 Å². The highest BCUT2D eigenvalue weighted by molar-refractivity contribution is 7.85. The standard InChI is InChI=1S/C24H28N2O7S/c1-25(24(28)13-17-4-3-7-23-21(17)9-11-32-23)22(15-26-10-8-19(27)14-26)18-5-2-6-20(12-18)33-16-34(29,30)31/h2-7,9,11-12,19,22,27H,8,10,13-16H2,1H3,(H,29,30,31). The van der Waals surface area contributed by atoms with Crippen molar-refractivity contribution in [3.63, 3.8) is 0 Å². The molecule has 0 spiro atoms. The van der Waals surface area contributed by atoms with Gasteiger partial charge in [-0.2, -0.15) is 8.42 Å². The molecule has 1 aliphatic heterocycles. The summed E-state index contributed by atoms with van der Waals surface area (Å²) in [5.41, 5.74) is 2.34. The maximum Gasteiger partial charge on any atom is 0.300 e. The van der Waals surface area contributed by atoms with Gasteiger partial charge < -0.3 is 19.2 Å². The molecule has 182 valence electrons. The second kappa shape index (κ2) is 10.1. The minimum Gasteiger partial charge on any atom is -0.475 e. The third-order valence-electron chi connectivity index (χ3n) is 6.08. The topological polar surface area (TPSA) is 121 Å². The molecular formula is C24H28N2O7S. The van der Waals surface area contributed by atoms with E-state index in [1.807, 2.05) is 30.3 Å². The molecule has 0 bridgehead atoms. The molecule has 2 heterocycles. The number of β-amino-alcohol motifs (C(OH)–C–C–N with tert-alkyl or cyclic N) is 1. The number of rotatable bonds is 9. The van der Waals surface area contributed by atoms with Gasteiger partial charge in [0.05, 0.1) is 24.8 Å². The zero-order chi connectivity index (χ0) is 24.3. The number of likely N-dealkylation sites (N-methyl/N-ethyl adjacent to an activating group) is 1. The van der Waals surface area contributed by atoms with E-state index in [0.717, 1.165) is 22.1 Å². The molecule has 9 nitrogen and oxygen atoms in total. The van der Waals surface area contributed by atoms with Crippen LogP contribution in [0.25, 0.3) is 11.0 Å². The van der Waals surface area contributed by atoms with Crippen LogP contribution < -0.4 is 4.74 Å². The lowest BCUT2D eigenvalue weighted by molar-refractivity contribution is -0.131. The molecule has 2 N–H and O–H groups in total. The number of carbonyl (C=O) groups excluding carboxylic acids is 1. The predicted molar refractivity (Wildman–Crippen MR) is 126 cm³/mol. The summed E-state index contributed by atoms with van der Waals surface area (Å²) in [6.45, 7) is 1.73. The monoisotopic (exact) mass is 488 g/mol.